The second kappa shape index (κ2) is 4.45. The fourth-order valence-electron chi connectivity index (χ4n) is 2.29. The standard InChI is InChI=1S/C13H15N3O2S/c1-7-8(2)19-13-11(7)12(14-6-15-13)16(5-10(17)18)9-3-4-9/h6,9H,3-5H2,1-2H3,(H,17,18). The number of carboxylic acids is 1. The quantitative estimate of drug-likeness (QED) is 0.929. The van der Waals surface area contributed by atoms with E-state index < -0.39 is 5.97 Å². The minimum Gasteiger partial charge on any atom is -0.480 e. The fraction of sp³-hybridized carbons (Fsp3) is 0.462. The summed E-state index contributed by atoms with van der Waals surface area (Å²) in [5.41, 5.74) is 1.16. The largest absolute Gasteiger partial charge is 0.480 e. The molecule has 1 aliphatic carbocycles. The number of rotatable bonds is 4. The van der Waals surface area contributed by atoms with Gasteiger partial charge in [0.15, 0.2) is 0 Å². The SMILES string of the molecule is Cc1sc2ncnc(N(CC(=O)O)C3CC3)c2c1C. The molecule has 1 N–H and O–H groups in total. The van der Waals surface area contributed by atoms with Crippen LogP contribution in [0.15, 0.2) is 6.33 Å². The van der Waals surface area contributed by atoms with Crippen LogP contribution >= 0.6 is 11.3 Å². The summed E-state index contributed by atoms with van der Waals surface area (Å²) in [5.74, 6) is -0.0417. The molecule has 2 heterocycles. The third-order valence-electron chi connectivity index (χ3n) is 3.51. The molecule has 0 unspecified atom stereocenters. The van der Waals surface area contributed by atoms with Crippen LogP contribution in [0.2, 0.25) is 0 Å². The van der Waals surface area contributed by atoms with Crippen molar-refractivity contribution in [2.45, 2.75) is 32.7 Å². The predicted octanol–water partition coefficient (Wildman–Crippen LogP) is 2.36. The topological polar surface area (TPSA) is 66.3 Å². The maximum Gasteiger partial charge on any atom is 0.323 e. The van der Waals surface area contributed by atoms with Crippen LogP contribution in [-0.4, -0.2) is 33.6 Å². The van der Waals surface area contributed by atoms with E-state index in [0.29, 0.717) is 6.04 Å². The zero-order valence-corrected chi connectivity index (χ0v) is 11.7. The molecule has 6 heteroatoms. The maximum absolute atomic E-state index is 11.1. The zero-order valence-electron chi connectivity index (χ0n) is 10.9. The lowest BCUT2D eigenvalue weighted by atomic mass is 10.2. The van der Waals surface area contributed by atoms with E-state index in [1.807, 2.05) is 11.8 Å². The summed E-state index contributed by atoms with van der Waals surface area (Å²) in [6.45, 7) is 4.11. The number of anilines is 1. The van der Waals surface area contributed by atoms with Crippen LogP contribution in [0.25, 0.3) is 10.2 Å². The van der Waals surface area contributed by atoms with E-state index in [2.05, 4.69) is 16.9 Å². The number of nitrogens with zero attached hydrogens (tertiary/aromatic N) is 3. The average Bonchev–Trinajstić information content (AvgIpc) is 3.14. The van der Waals surface area contributed by atoms with Gasteiger partial charge in [0.05, 0.1) is 5.39 Å². The van der Waals surface area contributed by atoms with Gasteiger partial charge < -0.3 is 10.0 Å². The van der Waals surface area contributed by atoms with Gasteiger partial charge in [-0.3, -0.25) is 4.79 Å². The molecular formula is C13H15N3O2S. The Morgan fingerprint density at radius 2 is 2.21 bits per heavy atom. The van der Waals surface area contributed by atoms with E-state index in [1.54, 1.807) is 11.3 Å². The normalized spacial score (nSPS) is 14.8. The molecule has 0 amide bonds. The molecular weight excluding hydrogens is 262 g/mol. The molecule has 0 atom stereocenters. The summed E-state index contributed by atoms with van der Waals surface area (Å²) in [6.07, 6.45) is 3.62. The summed E-state index contributed by atoms with van der Waals surface area (Å²) in [6, 6.07) is 0.314. The van der Waals surface area contributed by atoms with Gasteiger partial charge in [-0.05, 0) is 32.3 Å². The summed E-state index contributed by atoms with van der Waals surface area (Å²) in [5, 5.41) is 10.1. The highest BCUT2D eigenvalue weighted by Gasteiger charge is 2.33. The van der Waals surface area contributed by atoms with Crippen LogP contribution in [0.1, 0.15) is 23.3 Å². The minimum absolute atomic E-state index is 0.00507. The second-order valence-electron chi connectivity index (χ2n) is 4.91. The van der Waals surface area contributed by atoms with Gasteiger partial charge in [0.25, 0.3) is 0 Å². The Balaban J connectivity index is 2.14. The van der Waals surface area contributed by atoms with Crippen LogP contribution in [0.4, 0.5) is 5.82 Å². The van der Waals surface area contributed by atoms with Gasteiger partial charge in [0.1, 0.15) is 23.5 Å². The Labute approximate surface area is 114 Å². The molecule has 100 valence electrons. The molecule has 1 aliphatic rings. The lowest BCUT2D eigenvalue weighted by molar-refractivity contribution is -0.135. The number of carbonyl (C=O) groups is 1. The number of aryl methyl sites for hydroxylation is 2. The van der Waals surface area contributed by atoms with Crippen LogP contribution in [0.5, 0.6) is 0 Å². The van der Waals surface area contributed by atoms with E-state index >= 15 is 0 Å². The first kappa shape index (κ1) is 12.3. The van der Waals surface area contributed by atoms with Crippen molar-refractivity contribution in [3.05, 3.63) is 16.8 Å². The van der Waals surface area contributed by atoms with E-state index in [0.717, 1.165) is 34.4 Å². The molecule has 0 saturated heterocycles. The van der Waals surface area contributed by atoms with Gasteiger partial charge in [-0.1, -0.05) is 0 Å². The second-order valence-corrected chi connectivity index (χ2v) is 6.12. The number of thiophene rings is 1. The lowest BCUT2D eigenvalue weighted by Gasteiger charge is -2.22. The van der Waals surface area contributed by atoms with Gasteiger partial charge in [-0.25, -0.2) is 9.97 Å². The molecule has 0 aliphatic heterocycles. The fourth-order valence-corrected chi connectivity index (χ4v) is 3.28. The van der Waals surface area contributed by atoms with Gasteiger partial charge in [-0.2, -0.15) is 0 Å². The van der Waals surface area contributed by atoms with Gasteiger partial charge in [-0.15, -0.1) is 11.3 Å². The molecule has 2 aromatic heterocycles. The first-order chi connectivity index (χ1) is 9.08. The van der Waals surface area contributed by atoms with Crippen molar-refractivity contribution >= 4 is 33.3 Å². The molecule has 0 aromatic carbocycles. The van der Waals surface area contributed by atoms with E-state index in [4.69, 9.17) is 5.11 Å². The van der Waals surface area contributed by atoms with Crippen molar-refractivity contribution in [2.75, 3.05) is 11.4 Å². The van der Waals surface area contributed by atoms with Crippen molar-refractivity contribution in [1.82, 2.24) is 9.97 Å². The summed E-state index contributed by atoms with van der Waals surface area (Å²) in [7, 11) is 0. The molecule has 3 rings (SSSR count). The Hall–Kier alpha value is -1.69. The first-order valence-electron chi connectivity index (χ1n) is 6.27. The van der Waals surface area contributed by atoms with E-state index in [1.165, 1.54) is 11.2 Å². The van der Waals surface area contributed by atoms with Crippen LogP contribution < -0.4 is 4.90 Å². The van der Waals surface area contributed by atoms with Gasteiger partial charge >= 0.3 is 5.97 Å². The smallest absolute Gasteiger partial charge is 0.323 e. The number of hydrogen-bond donors (Lipinski definition) is 1. The zero-order chi connectivity index (χ0) is 13.6. The van der Waals surface area contributed by atoms with Gasteiger partial charge in [0, 0.05) is 10.9 Å². The highest BCUT2D eigenvalue weighted by Crippen LogP contribution is 2.38. The van der Waals surface area contributed by atoms with Crippen LogP contribution in [0.3, 0.4) is 0 Å². The Bertz CT molecular complexity index is 649. The number of hydrogen-bond acceptors (Lipinski definition) is 5. The minimum atomic E-state index is -0.816. The molecule has 1 saturated carbocycles. The van der Waals surface area contributed by atoms with Crippen molar-refractivity contribution in [3.8, 4) is 0 Å². The molecule has 0 spiro atoms. The Morgan fingerprint density at radius 1 is 1.47 bits per heavy atom. The predicted molar refractivity (Wildman–Crippen MR) is 74.9 cm³/mol. The van der Waals surface area contributed by atoms with Crippen molar-refractivity contribution < 1.29 is 9.90 Å². The highest BCUT2D eigenvalue weighted by atomic mass is 32.1. The van der Waals surface area contributed by atoms with Crippen LogP contribution in [-0.2, 0) is 4.79 Å². The average molecular weight is 277 g/mol. The van der Waals surface area contributed by atoms with Gasteiger partial charge in [0.2, 0.25) is 0 Å². The molecule has 1 fully saturated rings. The van der Waals surface area contributed by atoms with Crippen molar-refractivity contribution in [2.24, 2.45) is 0 Å². The summed E-state index contributed by atoms with van der Waals surface area (Å²) >= 11 is 1.64. The molecule has 19 heavy (non-hydrogen) atoms. The number of aromatic nitrogens is 2. The first-order valence-corrected chi connectivity index (χ1v) is 7.08. The Kier molecular flexibility index (Phi) is 2.89. The number of carboxylic acid groups (broad SMARTS) is 1. The number of fused-ring (bicyclic) bond motifs is 1. The number of aliphatic carboxylic acids is 1. The molecule has 0 bridgehead atoms. The molecule has 0 radical (unpaired) electrons. The molecule has 2 aromatic rings. The van der Waals surface area contributed by atoms with Crippen molar-refractivity contribution in [3.63, 3.8) is 0 Å². The summed E-state index contributed by atoms with van der Waals surface area (Å²) < 4.78 is 0. The Morgan fingerprint density at radius 3 is 2.84 bits per heavy atom. The monoisotopic (exact) mass is 277 g/mol. The highest BCUT2D eigenvalue weighted by molar-refractivity contribution is 7.18. The maximum atomic E-state index is 11.1. The van der Waals surface area contributed by atoms with E-state index in [9.17, 15) is 4.79 Å². The lowest BCUT2D eigenvalue weighted by Crippen LogP contribution is -2.32. The molecule has 5 nitrogen and oxygen atoms in total. The van der Waals surface area contributed by atoms with E-state index in [-0.39, 0.29) is 6.54 Å². The third kappa shape index (κ3) is 2.16. The van der Waals surface area contributed by atoms with Crippen molar-refractivity contribution in [1.29, 1.82) is 0 Å². The third-order valence-corrected chi connectivity index (χ3v) is 4.63. The summed E-state index contributed by atoms with van der Waals surface area (Å²) in [4.78, 5) is 23.8. The van der Waals surface area contributed by atoms with Crippen LogP contribution in [0, 0.1) is 13.8 Å².